The lowest BCUT2D eigenvalue weighted by Gasteiger charge is -2.12. The van der Waals surface area contributed by atoms with Crippen LogP contribution < -0.4 is 10.6 Å². The molecule has 0 saturated heterocycles. The highest BCUT2D eigenvalue weighted by Crippen LogP contribution is 2.32. The van der Waals surface area contributed by atoms with Gasteiger partial charge in [-0.25, -0.2) is 4.98 Å². The molecule has 2 N–H and O–H groups in total. The number of carbonyl (C=O) groups is 1. The van der Waals surface area contributed by atoms with E-state index in [1.165, 1.54) is 12.5 Å². The van der Waals surface area contributed by atoms with Gasteiger partial charge in [0.15, 0.2) is 5.13 Å². The maximum atomic E-state index is 11.0. The van der Waals surface area contributed by atoms with E-state index >= 15 is 0 Å². The van der Waals surface area contributed by atoms with Crippen LogP contribution in [0.1, 0.15) is 30.3 Å². The van der Waals surface area contributed by atoms with Crippen LogP contribution >= 0.6 is 22.7 Å². The van der Waals surface area contributed by atoms with Crippen molar-refractivity contribution in [2.24, 2.45) is 0 Å². The van der Waals surface area contributed by atoms with Crippen molar-refractivity contribution in [2.45, 2.75) is 26.4 Å². The van der Waals surface area contributed by atoms with Gasteiger partial charge in [-0.2, -0.15) is 0 Å². The monoisotopic (exact) mass is 357 g/mol. The van der Waals surface area contributed by atoms with E-state index in [0.717, 1.165) is 20.6 Å². The highest BCUT2D eigenvalue weighted by atomic mass is 32.1. The minimum absolute atomic E-state index is 0.0139. The summed E-state index contributed by atoms with van der Waals surface area (Å²) in [6.45, 7) is 4.23. The number of nitrogens with one attached hydrogen (secondary N) is 2. The molecule has 0 bridgehead atoms. The van der Waals surface area contributed by atoms with E-state index in [4.69, 9.17) is 0 Å². The Morgan fingerprint density at radius 3 is 2.75 bits per heavy atom. The molecule has 1 aromatic carbocycles. The fourth-order valence-corrected chi connectivity index (χ4v) is 4.07. The van der Waals surface area contributed by atoms with Gasteiger partial charge in [-0.15, -0.1) is 22.7 Å². The van der Waals surface area contributed by atoms with E-state index in [2.05, 4.69) is 46.1 Å². The van der Waals surface area contributed by atoms with Crippen molar-refractivity contribution < 1.29 is 4.79 Å². The van der Waals surface area contributed by atoms with Crippen LogP contribution in [0.5, 0.6) is 0 Å². The summed E-state index contributed by atoms with van der Waals surface area (Å²) in [5.41, 5.74) is 2.21. The van der Waals surface area contributed by atoms with Gasteiger partial charge in [-0.3, -0.25) is 4.79 Å². The number of anilines is 1. The molecule has 0 spiro atoms. The highest BCUT2D eigenvalue weighted by molar-refractivity contribution is 7.17. The molecule has 2 heterocycles. The molecular weight excluding hydrogens is 338 g/mol. The minimum atomic E-state index is -0.0139. The molecular formula is C18H19N3OS2. The smallest absolute Gasteiger partial charge is 0.217 e. The molecule has 1 amide bonds. The van der Waals surface area contributed by atoms with Crippen molar-refractivity contribution in [3.05, 3.63) is 58.3 Å². The van der Waals surface area contributed by atoms with Crippen molar-refractivity contribution in [3.8, 4) is 10.6 Å². The number of hydrogen-bond acceptors (Lipinski definition) is 5. The SMILES string of the molecule is CC(=O)NCc1ccc(-c2csc(N[C@@H](C)c3ccccc3)n2)s1. The van der Waals surface area contributed by atoms with Gasteiger partial charge in [-0.1, -0.05) is 30.3 Å². The molecule has 24 heavy (non-hydrogen) atoms. The second-order valence-electron chi connectivity index (χ2n) is 5.49. The number of benzene rings is 1. The molecule has 0 radical (unpaired) electrons. The van der Waals surface area contributed by atoms with Crippen molar-refractivity contribution >= 4 is 33.7 Å². The second kappa shape index (κ2) is 7.59. The van der Waals surface area contributed by atoms with Gasteiger partial charge in [0.2, 0.25) is 5.91 Å². The Labute approximate surface area is 149 Å². The van der Waals surface area contributed by atoms with Crippen LogP contribution in [0.15, 0.2) is 47.8 Å². The van der Waals surface area contributed by atoms with Crippen LogP contribution in [0.4, 0.5) is 5.13 Å². The normalized spacial score (nSPS) is 11.9. The molecule has 2 aromatic heterocycles. The first-order chi connectivity index (χ1) is 11.6. The Kier molecular flexibility index (Phi) is 5.27. The third-order valence-corrected chi connectivity index (χ3v) is 5.45. The van der Waals surface area contributed by atoms with Gasteiger partial charge in [0.1, 0.15) is 0 Å². The van der Waals surface area contributed by atoms with Gasteiger partial charge < -0.3 is 10.6 Å². The first-order valence-electron chi connectivity index (χ1n) is 7.72. The minimum Gasteiger partial charge on any atom is -0.355 e. The number of amides is 1. The molecule has 0 fully saturated rings. The zero-order chi connectivity index (χ0) is 16.9. The molecule has 0 aliphatic carbocycles. The zero-order valence-corrected chi connectivity index (χ0v) is 15.2. The third-order valence-electron chi connectivity index (χ3n) is 3.57. The molecule has 3 aromatic rings. The highest BCUT2D eigenvalue weighted by Gasteiger charge is 2.10. The lowest BCUT2D eigenvalue weighted by molar-refractivity contribution is -0.119. The number of thiophene rings is 1. The topological polar surface area (TPSA) is 54.0 Å². The average molecular weight is 358 g/mol. The van der Waals surface area contributed by atoms with Crippen LogP contribution in [-0.2, 0) is 11.3 Å². The predicted octanol–water partition coefficient (Wildman–Crippen LogP) is 4.68. The number of nitrogens with zero attached hydrogens (tertiary/aromatic N) is 1. The summed E-state index contributed by atoms with van der Waals surface area (Å²) in [5, 5.41) is 9.25. The van der Waals surface area contributed by atoms with E-state index in [1.807, 2.05) is 24.3 Å². The lowest BCUT2D eigenvalue weighted by atomic mass is 10.1. The molecule has 0 aliphatic rings. The number of aromatic nitrogens is 1. The maximum Gasteiger partial charge on any atom is 0.217 e. The first-order valence-corrected chi connectivity index (χ1v) is 9.42. The van der Waals surface area contributed by atoms with Crippen molar-refractivity contribution in [2.75, 3.05) is 5.32 Å². The first kappa shape index (κ1) is 16.7. The predicted molar refractivity (Wildman–Crippen MR) is 101 cm³/mol. The van der Waals surface area contributed by atoms with E-state index in [0.29, 0.717) is 6.54 Å². The van der Waals surface area contributed by atoms with Gasteiger partial charge in [0.05, 0.1) is 23.2 Å². The number of rotatable bonds is 6. The zero-order valence-electron chi connectivity index (χ0n) is 13.6. The van der Waals surface area contributed by atoms with Gasteiger partial charge in [0, 0.05) is 17.2 Å². The largest absolute Gasteiger partial charge is 0.355 e. The molecule has 4 nitrogen and oxygen atoms in total. The summed E-state index contributed by atoms with van der Waals surface area (Å²) in [7, 11) is 0. The number of thiazole rings is 1. The van der Waals surface area contributed by atoms with Crippen molar-refractivity contribution in [1.29, 1.82) is 0 Å². The van der Waals surface area contributed by atoms with E-state index in [9.17, 15) is 4.79 Å². The lowest BCUT2D eigenvalue weighted by Crippen LogP contribution is -2.17. The van der Waals surface area contributed by atoms with Crippen LogP contribution in [-0.4, -0.2) is 10.9 Å². The van der Waals surface area contributed by atoms with Crippen LogP contribution in [0.3, 0.4) is 0 Å². The number of hydrogen-bond donors (Lipinski definition) is 2. The molecule has 6 heteroatoms. The van der Waals surface area contributed by atoms with Crippen molar-refractivity contribution in [1.82, 2.24) is 10.3 Å². The number of carbonyl (C=O) groups excluding carboxylic acids is 1. The fourth-order valence-electron chi connectivity index (χ4n) is 2.29. The standard InChI is InChI=1S/C18H19N3OS2/c1-12(14-6-4-3-5-7-14)20-18-21-16(11-23-18)17-9-8-15(24-17)10-19-13(2)22/h3-9,11-12H,10H2,1-2H3,(H,19,22)(H,20,21)/t12-/m0/s1. The Bertz CT molecular complexity index is 811. The third kappa shape index (κ3) is 4.21. The molecule has 124 valence electrons. The Morgan fingerprint density at radius 1 is 1.21 bits per heavy atom. The van der Waals surface area contributed by atoms with Crippen molar-refractivity contribution in [3.63, 3.8) is 0 Å². The Morgan fingerprint density at radius 2 is 2.00 bits per heavy atom. The van der Waals surface area contributed by atoms with Gasteiger partial charge >= 0.3 is 0 Å². The Balaban J connectivity index is 1.66. The molecule has 0 saturated carbocycles. The summed E-state index contributed by atoms with van der Waals surface area (Å²) in [4.78, 5) is 17.9. The summed E-state index contributed by atoms with van der Waals surface area (Å²) >= 11 is 3.27. The molecule has 0 unspecified atom stereocenters. The summed E-state index contributed by atoms with van der Waals surface area (Å²) < 4.78 is 0. The fraction of sp³-hybridized carbons (Fsp3) is 0.222. The van der Waals surface area contributed by atoms with E-state index in [-0.39, 0.29) is 11.9 Å². The summed E-state index contributed by atoms with van der Waals surface area (Å²) in [6.07, 6.45) is 0. The quantitative estimate of drug-likeness (QED) is 0.673. The second-order valence-corrected chi connectivity index (χ2v) is 7.52. The van der Waals surface area contributed by atoms with Gasteiger partial charge in [-0.05, 0) is 24.6 Å². The van der Waals surface area contributed by atoms with Crippen LogP contribution in [0.25, 0.3) is 10.6 Å². The van der Waals surface area contributed by atoms with E-state index < -0.39 is 0 Å². The van der Waals surface area contributed by atoms with Gasteiger partial charge in [0.25, 0.3) is 0 Å². The molecule has 1 atom stereocenters. The molecule has 3 rings (SSSR count). The maximum absolute atomic E-state index is 11.0. The van der Waals surface area contributed by atoms with Crippen LogP contribution in [0, 0.1) is 0 Å². The summed E-state index contributed by atoms with van der Waals surface area (Å²) in [5.74, 6) is -0.0139. The Hall–Kier alpha value is -2.18. The van der Waals surface area contributed by atoms with Crippen LogP contribution in [0.2, 0.25) is 0 Å². The average Bonchev–Trinajstić information content (AvgIpc) is 3.22. The molecule has 0 aliphatic heterocycles. The summed E-state index contributed by atoms with van der Waals surface area (Å²) in [6, 6.07) is 14.6. The van der Waals surface area contributed by atoms with E-state index in [1.54, 1.807) is 22.7 Å².